The van der Waals surface area contributed by atoms with Gasteiger partial charge in [-0.15, -0.1) is 0 Å². The highest BCUT2D eigenvalue weighted by atomic mass is 28.4. The fourth-order valence-corrected chi connectivity index (χ4v) is 1.91. The van der Waals surface area contributed by atoms with Crippen LogP contribution in [0.5, 0.6) is 0 Å². The van der Waals surface area contributed by atoms with E-state index in [4.69, 9.17) is 9.53 Å². The van der Waals surface area contributed by atoms with E-state index in [2.05, 4.69) is 33.9 Å². The molecule has 0 saturated carbocycles. The maximum Gasteiger partial charge on any atom is 0.191 e. The van der Waals surface area contributed by atoms with Crippen molar-refractivity contribution in [1.29, 1.82) is 0 Å². The Kier molecular flexibility index (Phi) is 5.45. The standard InChI is InChI=1S/C11H24O2Si/c1-11(2,3)14(4,5)13-10-8-6-7-9-12/h7,9,12H,6,8,10H2,1-5H3. The molecule has 3 heteroatoms. The third-order valence-electron chi connectivity index (χ3n) is 2.89. The van der Waals surface area contributed by atoms with E-state index in [-0.39, 0.29) is 0 Å². The van der Waals surface area contributed by atoms with Gasteiger partial charge in [-0.25, -0.2) is 0 Å². The Labute approximate surface area is 89.1 Å². The molecular weight excluding hydrogens is 192 g/mol. The van der Waals surface area contributed by atoms with Crippen LogP contribution in [0.15, 0.2) is 12.3 Å². The molecule has 0 spiro atoms. The fourth-order valence-electron chi connectivity index (χ4n) is 0.820. The predicted octanol–water partition coefficient (Wildman–Crippen LogP) is 3.86. The lowest BCUT2D eigenvalue weighted by atomic mass is 10.2. The first-order chi connectivity index (χ1) is 6.31. The average molecular weight is 216 g/mol. The third kappa shape index (κ3) is 4.82. The van der Waals surface area contributed by atoms with E-state index in [1.54, 1.807) is 6.08 Å². The maximum absolute atomic E-state index is 8.44. The summed E-state index contributed by atoms with van der Waals surface area (Å²) >= 11 is 0. The SMILES string of the molecule is CC(C)(C)[Si](C)(C)OCCCC=CO. The number of allylic oxidation sites excluding steroid dienone is 1. The molecule has 0 rings (SSSR count). The minimum Gasteiger partial charge on any atom is -0.516 e. The van der Waals surface area contributed by atoms with E-state index in [0.717, 1.165) is 25.7 Å². The monoisotopic (exact) mass is 216 g/mol. The van der Waals surface area contributed by atoms with Gasteiger partial charge in [0.15, 0.2) is 8.32 Å². The highest BCUT2D eigenvalue weighted by molar-refractivity contribution is 6.74. The molecule has 0 aliphatic rings. The van der Waals surface area contributed by atoms with Gasteiger partial charge in [0.05, 0.1) is 6.26 Å². The number of hydrogen-bond acceptors (Lipinski definition) is 2. The molecule has 0 aromatic carbocycles. The zero-order valence-corrected chi connectivity index (χ0v) is 11.1. The zero-order chi connectivity index (χ0) is 11.2. The summed E-state index contributed by atoms with van der Waals surface area (Å²) < 4.78 is 5.96. The molecule has 1 N–H and O–H groups in total. The van der Waals surface area contributed by atoms with Crippen LogP contribution in [-0.2, 0) is 4.43 Å². The summed E-state index contributed by atoms with van der Waals surface area (Å²) in [6, 6.07) is 0. The lowest BCUT2D eigenvalue weighted by molar-refractivity contribution is 0.283. The van der Waals surface area contributed by atoms with Crippen LogP contribution in [0.3, 0.4) is 0 Å². The van der Waals surface area contributed by atoms with Crippen molar-refractivity contribution in [3.05, 3.63) is 12.3 Å². The van der Waals surface area contributed by atoms with Crippen LogP contribution >= 0.6 is 0 Å². The topological polar surface area (TPSA) is 29.5 Å². The molecule has 0 aliphatic heterocycles. The summed E-state index contributed by atoms with van der Waals surface area (Å²) in [5, 5.41) is 8.73. The average Bonchev–Trinajstić information content (AvgIpc) is 2.02. The van der Waals surface area contributed by atoms with Gasteiger partial charge in [-0.1, -0.05) is 26.8 Å². The summed E-state index contributed by atoms with van der Waals surface area (Å²) in [5.41, 5.74) is 0. The molecule has 0 aliphatic carbocycles. The molecular formula is C11H24O2Si. The molecule has 0 heterocycles. The van der Waals surface area contributed by atoms with Gasteiger partial charge in [-0.3, -0.25) is 0 Å². The van der Waals surface area contributed by atoms with Crippen LogP contribution in [-0.4, -0.2) is 20.0 Å². The quantitative estimate of drug-likeness (QED) is 0.429. The smallest absolute Gasteiger partial charge is 0.191 e. The van der Waals surface area contributed by atoms with E-state index in [9.17, 15) is 0 Å². The van der Waals surface area contributed by atoms with Gasteiger partial charge < -0.3 is 9.53 Å². The van der Waals surface area contributed by atoms with Crippen molar-refractivity contribution < 1.29 is 9.53 Å². The Hall–Kier alpha value is -0.283. The first-order valence-electron chi connectivity index (χ1n) is 5.24. The summed E-state index contributed by atoms with van der Waals surface area (Å²) in [5.74, 6) is 0. The molecule has 0 radical (unpaired) electrons. The van der Waals surface area contributed by atoms with E-state index in [1.807, 2.05) is 0 Å². The summed E-state index contributed by atoms with van der Waals surface area (Å²) in [4.78, 5) is 0. The Balaban J connectivity index is 3.77. The normalized spacial score (nSPS) is 13.8. The highest BCUT2D eigenvalue weighted by Gasteiger charge is 2.36. The lowest BCUT2D eigenvalue weighted by Gasteiger charge is -2.36. The molecule has 0 saturated heterocycles. The van der Waals surface area contributed by atoms with Crippen molar-refractivity contribution in [3.63, 3.8) is 0 Å². The van der Waals surface area contributed by atoms with Gasteiger partial charge >= 0.3 is 0 Å². The van der Waals surface area contributed by atoms with Crippen LogP contribution < -0.4 is 0 Å². The second kappa shape index (κ2) is 5.56. The van der Waals surface area contributed by atoms with Crippen LogP contribution in [0.1, 0.15) is 33.6 Å². The van der Waals surface area contributed by atoms with Crippen molar-refractivity contribution in [2.24, 2.45) is 0 Å². The maximum atomic E-state index is 8.44. The molecule has 0 aromatic rings. The lowest BCUT2D eigenvalue weighted by Crippen LogP contribution is -2.40. The van der Waals surface area contributed by atoms with E-state index in [0.29, 0.717) is 5.04 Å². The van der Waals surface area contributed by atoms with Crippen LogP contribution in [0.2, 0.25) is 18.1 Å². The van der Waals surface area contributed by atoms with E-state index >= 15 is 0 Å². The Morgan fingerprint density at radius 1 is 1.29 bits per heavy atom. The number of unbranched alkanes of at least 4 members (excludes halogenated alkanes) is 1. The number of rotatable bonds is 5. The second-order valence-electron chi connectivity index (χ2n) is 5.14. The minimum absolute atomic E-state index is 0.291. The van der Waals surface area contributed by atoms with Crippen molar-refractivity contribution in [2.75, 3.05) is 6.61 Å². The largest absolute Gasteiger partial charge is 0.516 e. The molecule has 0 bridgehead atoms. The van der Waals surface area contributed by atoms with Gasteiger partial charge in [0.1, 0.15) is 0 Å². The zero-order valence-electron chi connectivity index (χ0n) is 10.1. The molecule has 2 nitrogen and oxygen atoms in total. The Morgan fingerprint density at radius 2 is 1.86 bits per heavy atom. The van der Waals surface area contributed by atoms with Gasteiger partial charge in [-0.2, -0.15) is 0 Å². The third-order valence-corrected chi connectivity index (χ3v) is 7.43. The number of aliphatic hydroxyl groups excluding tert-OH is 1. The molecule has 0 fully saturated rings. The summed E-state index contributed by atoms with van der Waals surface area (Å²) in [7, 11) is -1.55. The van der Waals surface area contributed by atoms with Gasteiger partial charge in [0.25, 0.3) is 0 Å². The van der Waals surface area contributed by atoms with E-state index < -0.39 is 8.32 Å². The predicted molar refractivity (Wildman–Crippen MR) is 64.2 cm³/mol. The van der Waals surface area contributed by atoms with Crippen LogP contribution in [0.4, 0.5) is 0 Å². The van der Waals surface area contributed by atoms with Crippen molar-refractivity contribution in [3.8, 4) is 0 Å². The van der Waals surface area contributed by atoms with Crippen LogP contribution in [0.25, 0.3) is 0 Å². The Bertz CT molecular complexity index is 180. The molecule has 14 heavy (non-hydrogen) atoms. The first kappa shape index (κ1) is 13.7. The number of hydrogen-bond donors (Lipinski definition) is 1. The molecule has 0 atom stereocenters. The summed E-state index contributed by atoms with van der Waals surface area (Å²) in [6.45, 7) is 12.1. The minimum atomic E-state index is -1.55. The fraction of sp³-hybridized carbons (Fsp3) is 0.818. The van der Waals surface area contributed by atoms with Gasteiger partial charge in [0, 0.05) is 6.61 Å². The van der Waals surface area contributed by atoms with Gasteiger partial charge in [-0.05, 0) is 31.0 Å². The molecule has 0 amide bonds. The van der Waals surface area contributed by atoms with Crippen molar-refractivity contribution in [1.82, 2.24) is 0 Å². The van der Waals surface area contributed by atoms with Crippen molar-refractivity contribution in [2.45, 2.75) is 51.7 Å². The van der Waals surface area contributed by atoms with Crippen LogP contribution in [0, 0.1) is 0 Å². The van der Waals surface area contributed by atoms with Crippen molar-refractivity contribution >= 4 is 8.32 Å². The van der Waals surface area contributed by atoms with Gasteiger partial charge in [0.2, 0.25) is 0 Å². The number of aliphatic hydroxyl groups is 1. The molecule has 0 aromatic heterocycles. The molecule has 84 valence electrons. The molecule has 0 unspecified atom stereocenters. The summed E-state index contributed by atoms with van der Waals surface area (Å²) in [6.07, 6.45) is 4.75. The second-order valence-corrected chi connectivity index (χ2v) is 9.95. The highest BCUT2D eigenvalue weighted by Crippen LogP contribution is 2.36. The van der Waals surface area contributed by atoms with E-state index in [1.165, 1.54) is 0 Å². The Morgan fingerprint density at radius 3 is 2.29 bits per heavy atom. The first-order valence-corrected chi connectivity index (χ1v) is 8.15.